The molecule has 0 aromatic rings. The number of hydrogen-bond acceptors (Lipinski definition) is 3. The first-order valence-corrected chi connectivity index (χ1v) is 5.38. The molecule has 2 unspecified atom stereocenters. The fourth-order valence-electron chi connectivity index (χ4n) is 2.08. The van der Waals surface area contributed by atoms with Crippen LogP contribution in [-0.4, -0.2) is 49.7 Å². The van der Waals surface area contributed by atoms with Crippen molar-refractivity contribution in [3.8, 4) is 0 Å². The second-order valence-corrected chi connectivity index (χ2v) is 4.14. The minimum absolute atomic E-state index is 0.149. The lowest BCUT2D eigenvalue weighted by Crippen LogP contribution is -2.39. The van der Waals surface area contributed by atoms with Crippen molar-refractivity contribution in [2.75, 3.05) is 26.7 Å². The van der Waals surface area contributed by atoms with Crippen molar-refractivity contribution in [2.45, 2.75) is 31.5 Å². The van der Waals surface area contributed by atoms with E-state index in [1.807, 2.05) is 7.05 Å². The summed E-state index contributed by atoms with van der Waals surface area (Å²) in [6, 6.07) is 0. The van der Waals surface area contributed by atoms with Gasteiger partial charge in [0.1, 0.15) is 6.10 Å². The minimum atomic E-state index is -0.176. The summed E-state index contributed by atoms with van der Waals surface area (Å²) in [4.78, 5) is 13.3. The highest BCUT2D eigenvalue weighted by Gasteiger charge is 2.32. The van der Waals surface area contributed by atoms with Crippen molar-refractivity contribution in [2.24, 2.45) is 0 Å². The van der Waals surface area contributed by atoms with Crippen molar-refractivity contribution in [1.29, 1.82) is 0 Å². The van der Waals surface area contributed by atoms with E-state index in [4.69, 9.17) is 4.74 Å². The Morgan fingerprint density at radius 1 is 1.50 bits per heavy atom. The van der Waals surface area contributed by atoms with E-state index in [2.05, 4.69) is 5.32 Å². The van der Waals surface area contributed by atoms with E-state index in [1.165, 1.54) is 0 Å². The van der Waals surface area contributed by atoms with Gasteiger partial charge in [-0.05, 0) is 19.4 Å². The molecule has 4 nitrogen and oxygen atoms in total. The van der Waals surface area contributed by atoms with Crippen LogP contribution < -0.4 is 5.32 Å². The van der Waals surface area contributed by atoms with E-state index in [0.29, 0.717) is 0 Å². The van der Waals surface area contributed by atoms with Crippen LogP contribution in [0, 0.1) is 0 Å². The average molecular weight is 198 g/mol. The molecule has 0 aromatic heterocycles. The van der Waals surface area contributed by atoms with Gasteiger partial charge in [0.05, 0.1) is 6.10 Å². The molecule has 14 heavy (non-hydrogen) atoms. The summed E-state index contributed by atoms with van der Waals surface area (Å²) in [6.07, 6.45) is 3.15. The van der Waals surface area contributed by atoms with Crippen LogP contribution in [0.25, 0.3) is 0 Å². The van der Waals surface area contributed by atoms with E-state index in [-0.39, 0.29) is 18.1 Å². The third kappa shape index (κ3) is 2.07. The van der Waals surface area contributed by atoms with Crippen LogP contribution in [0.5, 0.6) is 0 Å². The number of hydrogen-bond donors (Lipinski definition) is 1. The first-order valence-electron chi connectivity index (χ1n) is 5.38. The molecule has 2 aliphatic heterocycles. The normalized spacial score (nSPS) is 33.8. The smallest absolute Gasteiger partial charge is 0.251 e. The largest absolute Gasteiger partial charge is 0.364 e. The van der Waals surface area contributed by atoms with Crippen LogP contribution >= 0.6 is 0 Å². The van der Waals surface area contributed by atoms with Crippen LogP contribution in [0.15, 0.2) is 0 Å². The van der Waals surface area contributed by atoms with Crippen molar-refractivity contribution in [3.05, 3.63) is 0 Å². The topological polar surface area (TPSA) is 41.6 Å². The summed E-state index contributed by atoms with van der Waals surface area (Å²) >= 11 is 0. The van der Waals surface area contributed by atoms with Gasteiger partial charge in [-0.3, -0.25) is 4.79 Å². The number of nitrogens with zero attached hydrogens (tertiary/aromatic N) is 1. The Balaban J connectivity index is 1.82. The van der Waals surface area contributed by atoms with Crippen LogP contribution in [0.1, 0.15) is 19.3 Å². The van der Waals surface area contributed by atoms with E-state index in [0.717, 1.165) is 38.9 Å². The number of rotatable bonds is 2. The predicted octanol–water partition coefficient (Wildman–Crippen LogP) is -0.0143. The summed E-state index contributed by atoms with van der Waals surface area (Å²) < 4.78 is 5.78. The van der Waals surface area contributed by atoms with Crippen molar-refractivity contribution >= 4 is 5.91 Å². The molecule has 0 spiro atoms. The van der Waals surface area contributed by atoms with Crippen LogP contribution in [0.3, 0.4) is 0 Å². The number of carbonyl (C=O) groups is 1. The Morgan fingerprint density at radius 3 is 2.93 bits per heavy atom. The number of likely N-dealkylation sites (N-methyl/N-ethyl adjacent to an activating group) is 1. The van der Waals surface area contributed by atoms with Gasteiger partial charge < -0.3 is 15.0 Å². The van der Waals surface area contributed by atoms with Crippen LogP contribution in [0.2, 0.25) is 0 Å². The van der Waals surface area contributed by atoms with E-state index in [9.17, 15) is 4.79 Å². The van der Waals surface area contributed by atoms with Gasteiger partial charge in [-0.15, -0.1) is 0 Å². The Bertz CT molecular complexity index is 214. The molecule has 0 bridgehead atoms. The van der Waals surface area contributed by atoms with E-state index in [1.54, 1.807) is 4.90 Å². The molecular weight excluding hydrogens is 180 g/mol. The van der Waals surface area contributed by atoms with Crippen molar-refractivity contribution in [3.63, 3.8) is 0 Å². The maximum Gasteiger partial charge on any atom is 0.251 e. The molecule has 0 saturated carbocycles. The number of amides is 1. The van der Waals surface area contributed by atoms with Gasteiger partial charge in [0.25, 0.3) is 5.91 Å². The molecule has 2 heterocycles. The SMILES string of the molecule is CN1CCC(OC2CCCNC2)C1=O. The van der Waals surface area contributed by atoms with E-state index >= 15 is 0 Å². The lowest BCUT2D eigenvalue weighted by atomic mass is 10.1. The van der Waals surface area contributed by atoms with Gasteiger partial charge in [0.15, 0.2) is 0 Å². The maximum atomic E-state index is 11.6. The molecule has 0 radical (unpaired) electrons. The summed E-state index contributed by atoms with van der Waals surface area (Å²) in [5.74, 6) is 0.149. The second-order valence-electron chi connectivity index (χ2n) is 4.14. The number of piperidine rings is 1. The average Bonchev–Trinajstić information content (AvgIpc) is 2.52. The Hall–Kier alpha value is -0.610. The molecule has 1 N–H and O–H groups in total. The van der Waals surface area contributed by atoms with Gasteiger partial charge in [-0.1, -0.05) is 0 Å². The van der Waals surface area contributed by atoms with Crippen molar-refractivity contribution in [1.82, 2.24) is 10.2 Å². The van der Waals surface area contributed by atoms with Crippen LogP contribution in [0.4, 0.5) is 0 Å². The highest BCUT2D eigenvalue weighted by molar-refractivity contribution is 5.82. The lowest BCUT2D eigenvalue weighted by Gasteiger charge is -2.25. The quantitative estimate of drug-likeness (QED) is 0.678. The molecule has 2 atom stereocenters. The molecule has 2 rings (SSSR count). The lowest BCUT2D eigenvalue weighted by molar-refractivity contribution is -0.140. The molecule has 1 amide bonds. The summed E-state index contributed by atoms with van der Waals surface area (Å²) in [6.45, 7) is 2.81. The molecule has 4 heteroatoms. The summed E-state index contributed by atoms with van der Waals surface area (Å²) in [5.41, 5.74) is 0. The molecule has 2 saturated heterocycles. The Labute approximate surface area is 84.6 Å². The fourth-order valence-corrected chi connectivity index (χ4v) is 2.08. The Morgan fingerprint density at radius 2 is 2.36 bits per heavy atom. The Kier molecular flexibility index (Phi) is 3.03. The third-order valence-electron chi connectivity index (χ3n) is 2.99. The van der Waals surface area contributed by atoms with E-state index < -0.39 is 0 Å². The number of likely N-dealkylation sites (tertiary alicyclic amines) is 1. The standard InChI is InChI=1S/C10H18N2O2/c1-12-6-4-9(10(12)13)14-8-3-2-5-11-7-8/h8-9,11H,2-7H2,1H3. The van der Waals surface area contributed by atoms with Gasteiger partial charge in [-0.2, -0.15) is 0 Å². The van der Waals surface area contributed by atoms with Gasteiger partial charge in [-0.25, -0.2) is 0 Å². The molecule has 0 aromatic carbocycles. The zero-order valence-corrected chi connectivity index (χ0v) is 8.66. The predicted molar refractivity (Wildman–Crippen MR) is 53.0 cm³/mol. The number of nitrogens with one attached hydrogen (secondary N) is 1. The summed E-state index contributed by atoms with van der Waals surface area (Å²) in [5, 5.41) is 3.28. The molecule has 2 fully saturated rings. The van der Waals surface area contributed by atoms with Gasteiger partial charge in [0, 0.05) is 26.6 Å². The van der Waals surface area contributed by atoms with Crippen molar-refractivity contribution < 1.29 is 9.53 Å². The highest BCUT2D eigenvalue weighted by Crippen LogP contribution is 2.17. The first-order chi connectivity index (χ1) is 6.77. The summed E-state index contributed by atoms with van der Waals surface area (Å²) in [7, 11) is 1.84. The maximum absolute atomic E-state index is 11.6. The zero-order valence-electron chi connectivity index (χ0n) is 8.66. The molecule has 2 aliphatic rings. The molecular formula is C10H18N2O2. The van der Waals surface area contributed by atoms with Gasteiger partial charge in [0.2, 0.25) is 0 Å². The van der Waals surface area contributed by atoms with Crippen LogP contribution in [-0.2, 0) is 9.53 Å². The van der Waals surface area contributed by atoms with Gasteiger partial charge >= 0.3 is 0 Å². The zero-order chi connectivity index (χ0) is 9.97. The molecule has 0 aliphatic carbocycles. The number of ether oxygens (including phenoxy) is 1. The fraction of sp³-hybridized carbons (Fsp3) is 0.900. The first kappa shape index (κ1) is 9.93. The number of carbonyl (C=O) groups excluding carboxylic acids is 1. The second kappa shape index (κ2) is 4.28. The molecule has 80 valence electrons. The third-order valence-corrected chi connectivity index (χ3v) is 2.99. The monoisotopic (exact) mass is 198 g/mol. The minimum Gasteiger partial charge on any atom is -0.364 e. The highest BCUT2D eigenvalue weighted by atomic mass is 16.5.